The Balaban J connectivity index is 1.74. The van der Waals surface area contributed by atoms with Crippen molar-refractivity contribution in [2.75, 3.05) is 5.73 Å². The van der Waals surface area contributed by atoms with Crippen LogP contribution in [0.25, 0.3) is 10.8 Å². The Morgan fingerprint density at radius 2 is 1.57 bits per heavy atom. The van der Waals surface area contributed by atoms with Crippen LogP contribution in [-0.4, -0.2) is 5.78 Å². The van der Waals surface area contributed by atoms with Gasteiger partial charge < -0.3 is 5.73 Å². The summed E-state index contributed by atoms with van der Waals surface area (Å²) in [5, 5.41) is 2.43. The molecular formula is C19H17NO. The van der Waals surface area contributed by atoms with Crippen LogP contribution in [0.4, 0.5) is 5.69 Å². The van der Waals surface area contributed by atoms with Gasteiger partial charge >= 0.3 is 0 Å². The molecule has 104 valence electrons. The number of nitrogens with two attached hydrogens (primary N) is 1. The van der Waals surface area contributed by atoms with E-state index in [1.165, 1.54) is 16.3 Å². The topological polar surface area (TPSA) is 43.1 Å². The smallest absolute Gasteiger partial charge is 0.165 e. The molecule has 0 spiro atoms. The van der Waals surface area contributed by atoms with Crippen molar-refractivity contribution in [3.8, 4) is 0 Å². The molecule has 21 heavy (non-hydrogen) atoms. The van der Waals surface area contributed by atoms with Crippen molar-refractivity contribution in [2.45, 2.75) is 12.8 Å². The van der Waals surface area contributed by atoms with Crippen molar-refractivity contribution in [3.63, 3.8) is 0 Å². The number of ketones is 1. The number of rotatable bonds is 4. The van der Waals surface area contributed by atoms with Crippen LogP contribution in [-0.2, 0) is 6.42 Å². The second-order valence-electron chi connectivity index (χ2n) is 5.19. The lowest BCUT2D eigenvalue weighted by Crippen LogP contribution is -2.04. The molecule has 3 rings (SSSR count). The summed E-state index contributed by atoms with van der Waals surface area (Å²) in [6.07, 6.45) is 1.21. The van der Waals surface area contributed by atoms with E-state index >= 15 is 0 Å². The third kappa shape index (κ3) is 2.95. The lowest BCUT2D eigenvalue weighted by molar-refractivity contribution is 0.0983. The molecule has 0 bridgehead atoms. The highest BCUT2D eigenvalue weighted by Crippen LogP contribution is 2.18. The third-order valence-corrected chi connectivity index (χ3v) is 3.72. The quantitative estimate of drug-likeness (QED) is 0.571. The maximum absolute atomic E-state index is 12.2. The average Bonchev–Trinajstić information content (AvgIpc) is 2.53. The van der Waals surface area contributed by atoms with Crippen LogP contribution < -0.4 is 5.73 Å². The van der Waals surface area contributed by atoms with Crippen LogP contribution in [0.5, 0.6) is 0 Å². The lowest BCUT2D eigenvalue weighted by Gasteiger charge is -2.06. The summed E-state index contributed by atoms with van der Waals surface area (Å²) in [5.41, 5.74) is 8.20. The Morgan fingerprint density at radius 3 is 2.38 bits per heavy atom. The van der Waals surface area contributed by atoms with E-state index in [4.69, 9.17) is 5.73 Å². The molecule has 0 aliphatic rings. The molecule has 0 atom stereocenters. The summed E-state index contributed by atoms with van der Waals surface area (Å²) in [7, 11) is 0. The molecule has 0 saturated heterocycles. The molecule has 0 radical (unpaired) electrons. The Morgan fingerprint density at radius 1 is 0.857 bits per heavy atom. The lowest BCUT2D eigenvalue weighted by atomic mass is 9.99. The van der Waals surface area contributed by atoms with Gasteiger partial charge in [0.15, 0.2) is 5.78 Å². The Hall–Kier alpha value is -2.61. The van der Waals surface area contributed by atoms with Crippen LogP contribution in [0, 0.1) is 0 Å². The summed E-state index contributed by atoms with van der Waals surface area (Å²) < 4.78 is 0. The van der Waals surface area contributed by atoms with E-state index in [1.807, 2.05) is 24.3 Å². The van der Waals surface area contributed by atoms with Gasteiger partial charge in [0, 0.05) is 17.7 Å². The number of para-hydroxylation sites is 1. The second kappa shape index (κ2) is 5.80. The van der Waals surface area contributed by atoms with Gasteiger partial charge in [0.2, 0.25) is 0 Å². The maximum Gasteiger partial charge on any atom is 0.165 e. The molecule has 0 amide bonds. The molecule has 0 aliphatic heterocycles. The fraction of sp³-hybridized carbons (Fsp3) is 0.105. The van der Waals surface area contributed by atoms with Crippen molar-refractivity contribution in [1.82, 2.24) is 0 Å². The van der Waals surface area contributed by atoms with Gasteiger partial charge in [0.05, 0.1) is 0 Å². The van der Waals surface area contributed by atoms with Crippen molar-refractivity contribution in [2.24, 2.45) is 0 Å². The third-order valence-electron chi connectivity index (χ3n) is 3.72. The van der Waals surface area contributed by atoms with E-state index < -0.39 is 0 Å². The summed E-state index contributed by atoms with van der Waals surface area (Å²) in [6.45, 7) is 0. The molecule has 3 aromatic rings. The number of aryl methyl sites for hydroxylation is 1. The first-order chi connectivity index (χ1) is 10.2. The molecular weight excluding hydrogens is 258 g/mol. The molecule has 2 N–H and O–H groups in total. The molecule has 0 aromatic heterocycles. The number of carbonyl (C=O) groups excluding carboxylic acids is 1. The SMILES string of the molecule is Nc1ccccc1C(=O)CCc1ccc2ccccc2c1. The molecule has 0 aliphatic carbocycles. The largest absolute Gasteiger partial charge is 0.398 e. The van der Waals surface area contributed by atoms with Crippen molar-refractivity contribution in [1.29, 1.82) is 0 Å². The average molecular weight is 275 g/mol. The first kappa shape index (κ1) is 13.4. The number of fused-ring (bicyclic) bond motifs is 1. The van der Waals surface area contributed by atoms with Crippen LogP contribution in [0.2, 0.25) is 0 Å². The zero-order chi connectivity index (χ0) is 14.7. The van der Waals surface area contributed by atoms with E-state index in [1.54, 1.807) is 12.1 Å². The fourth-order valence-electron chi connectivity index (χ4n) is 2.54. The number of hydrogen-bond donors (Lipinski definition) is 1. The molecule has 3 aromatic carbocycles. The Kier molecular flexibility index (Phi) is 3.69. The van der Waals surface area contributed by atoms with Crippen molar-refractivity contribution in [3.05, 3.63) is 77.9 Å². The zero-order valence-electron chi connectivity index (χ0n) is 11.8. The van der Waals surface area contributed by atoms with Gasteiger partial charge in [0.1, 0.15) is 0 Å². The molecule has 0 unspecified atom stereocenters. The van der Waals surface area contributed by atoms with E-state index in [2.05, 4.69) is 30.3 Å². The molecule has 0 fully saturated rings. The summed E-state index contributed by atoms with van der Waals surface area (Å²) in [4.78, 5) is 12.2. The van der Waals surface area contributed by atoms with Gasteiger partial charge in [0.25, 0.3) is 0 Å². The van der Waals surface area contributed by atoms with Gasteiger partial charge in [-0.25, -0.2) is 0 Å². The van der Waals surface area contributed by atoms with Crippen LogP contribution >= 0.6 is 0 Å². The van der Waals surface area contributed by atoms with Crippen molar-refractivity contribution >= 4 is 22.2 Å². The minimum atomic E-state index is 0.0984. The fourth-order valence-corrected chi connectivity index (χ4v) is 2.54. The first-order valence-electron chi connectivity index (χ1n) is 7.09. The number of Topliss-reactive ketones (excluding diaryl/α,β-unsaturated/α-hetero) is 1. The maximum atomic E-state index is 12.2. The Bertz CT molecular complexity index is 792. The van der Waals surface area contributed by atoms with Crippen LogP contribution in [0.1, 0.15) is 22.3 Å². The summed E-state index contributed by atoms with van der Waals surface area (Å²) in [6, 6.07) is 21.8. The standard InChI is InChI=1S/C19H17NO/c20-18-8-4-3-7-17(18)19(21)12-10-14-9-11-15-5-1-2-6-16(15)13-14/h1-9,11,13H,10,12,20H2. The molecule has 0 heterocycles. The number of anilines is 1. The van der Waals surface area contributed by atoms with E-state index in [0.29, 0.717) is 17.7 Å². The highest BCUT2D eigenvalue weighted by Gasteiger charge is 2.09. The molecule has 0 saturated carbocycles. The van der Waals surface area contributed by atoms with Crippen molar-refractivity contribution < 1.29 is 4.79 Å². The number of carbonyl (C=O) groups is 1. The highest BCUT2D eigenvalue weighted by molar-refractivity contribution is 6.00. The van der Waals surface area contributed by atoms with Gasteiger partial charge in [-0.2, -0.15) is 0 Å². The molecule has 2 heteroatoms. The number of hydrogen-bond acceptors (Lipinski definition) is 2. The Labute approximate surface area is 124 Å². The second-order valence-corrected chi connectivity index (χ2v) is 5.19. The summed E-state index contributed by atoms with van der Waals surface area (Å²) in [5.74, 6) is 0.0984. The van der Waals surface area contributed by atoms with Gasteiger partial charge in [-0.05, 0) is 34.9 Å². The van der Waals surface area contributed by atoms with Gasteiger partial charge in [-0.3, -0.25) is 4.79 Å². The predicted molar refractivity (Wildman–Crippen MR) is 87.5 cm³/mol. The summed E-state index contributed by atoms with van der Waals surface area (Å²) >= 11 is 0. The number of nitrogen functional groups attached to an aromatic ring is 1. The normalized spacial score (nSPS) is 10.7. The minimum Gasteiger partial charge on any atom is -0.398 e. The predicted octanol–water partition coefficient (Wildman–Crippen LogP) is 4.24. The van der Waals surface area contributed by atoms with Gasteiger partial charge in [-0.15, -0.1) is 0 Å². The zero-order valence-corrected chi connectivity index (χ0v) is 11.8. The van der Waals surface area contributed by atoms with E-state index in [9.17, 15) is 4.79 Å². The first-order valence-corrected chi connectivity index (χ1v) is 7.09. The van der Waals surface area contributed by atoms with Gasteiger partial charge in [-0.1, -0.05) is 54.6 Å². The van der Waals surface area contributed by atoms with Crippen LogP contribution in [0.3, 0.4) is 0 Å². The monoisotopic (exact) mass is 275 g/mol. The minimum absolute atomic E-state index is 0.0984. The van der Waals surface area contributed by atoms with E-state index in [0.717, 1.165) is 6.42 Å². The number of benzene rings is 3. The van der Waals surface area contributed by atoms with E-state index in [-0.39, 0.29) is 5.78 Å². The molecule has 2 nitrogen and oxygen atoms in total. The highest BCUT2D eigenvalue weighted by atomic mass is 16.1. The van der Waals surface area contributed by atoms with Crippen LogP contribution in [0.15, 0.2) is 66.7 Å².